The van der Waals surface area contributed by atoms with E-state index in [0.717, 1.165) is 0 Å². The molecule has 9 heavy (non-hydrogen) atoms. The third-order valence-electron chi connectivity index (χ3n) is 1.05. The van der Waals surface area contributed by atoms with Crippen molar-refractivity contribution in [3.05, 3.63) is 24.7 Å². The second-order valence-electron chi connectivity index (χ2n) is 2.45. The van der Waals surface area contributed by atoms with E-state index in [1.165, 1.54) is 0 Å². The van der Waals surface area contributed by atoms with Gasteiger partial charge in [0, 0.05) is 13.8 Å². The molecule has 0 radical (unpaired) electrons. The molecule has 1 saturated heterocycles. The fourth-order valence-electron chi connectivity index (χ4n) is 0.728. The summed E-state index contributed by atoms with van der Waals surface area (Å²) in [5.41, 5.74) is 0. The first-order valence-corrected chi connectivity index (χ1v) is 2.77. The predicted octanol–water partition coefficient (Wildman–Crippen LogP) is 1.80. The van der Waals surface area contributed by atoms with Crippen molar-refractivity contribution in [1.29, 1.82) is 0 Å². The Labute approximate surface area is 54.8 Å². The monoisotopic (exact) mass is 126 g/mol. The molecule has 1 fully saturated rings. The Morgan fingerprint density at radius 2 is 1.44 bits per heavy atom. The average molecular weight is 126 g/mol. The third kappa shape index (κ3) is 1.07. The predicted molar refractivity (Wildman–Crippen MR) is 34.5 cm³/mol. The summed E-state index contributed by atoms with van der Waals surface area (Å²) in [6.45, 7) is 10.8. The largest absolute Gasteiger partial charge is 0.450 e. The molecule has 2 nitrogen and oxygen atoms in total. The number of hydrogen-bond acceptors (Lipinski definition) is 2. The Bertz CT molecular complexity index is 150. The van der Waals surface area contributed by atoms with Gasteiger partial charge >= 0.3 is 0 Å². The Balaban J connectivity index is 2.76. The molecule has 2 heteroatoms. The lowest BCUT2D eigenvalue weighted by molar-refractivity contribution is -0.103. The first-order chi connectivity index (χ1) is 4.01. The molecule has 50 valence electrons. The van der Waals surface area contributed by atoms with Crippen LogP contribution in [0.25, 0.3) is 0 Å². The summed E-state index contributed by atoms with van der Waals surface area (Å²) in [5.74, 6) is 0.494. The van der Waals surface area contributed by atoms with Crippen molar-refractivity contribution < 1.29 is 9.47 Å². The minimum atomic E-state index is -0.561. The zero-order valence-electron chi connectivity index (χ0n) is 5.73. The van der Waals surface area contributed by atoms with Crippen molar-refractivity contribution in [2.24, 2.45) is 0 Å². The fraction of sp³-hybridized carbons (Fsp3) is 0.429. The average Bonchev–Trinajstić information content (AvgIpc) is 1.79. The van der Waals surface area contributed by atoms with Crippen LogP contribution in [0, 0.1) is 0 Å². The number of hydrogen-bond donors (Lipinski definition) is 0. The summed E-state index contributed by atoms with van der Waals surface area (Å²) >= 11 is 0. The molecule has 0 atom stereocenters. The van der Waals surface area contributed by atoms with Gasteiger partial charge in [0.25, 0.3) is 0 Å². The molecule has 0 N–H and O–H groups in total. The van der Waals surface area contributed by atoms with Gasteiger partial charge in [0.05, 0.1) is 0 Å². The second kappa shape index (κ2) is 1.53. The SMILES string of the molecule is C=C1OC(C)(C)OC1=C. The van der Waals surface area contributed by atoms with Crippen molar-refractivity contribution in [1.82, 2.24) is 0 Å². The van der Waals surface area contributed by atoms with E-state index in [1.807, 2.05) is 13.8 Å². The Morgan fingerprint density at radius 3 is 1.56 bits per heavy atom. The molecule has 1 rings (SSSR count). The van der Waals surface area contributed by atoms with Gasteiger partial charge in [-0.2, -0.15) is 0 Å². The van der Waals surface area contributed by atoms with Gasteiger partial charge in [0.15, 0.2) is 11.5 Å². The second-order valence-corrected chi connectivity index (χ2v) is 2.45. The summed E-state index contributed by atoms with van der Waals surface area (Å²) in [7, 11) is 0. The zero-order valence-corrected chi connectivity index (χ0v) is 5.73. The topological polar surface area (TPSA) is 18.5 Å². The van der Waals surface area contributed by atoms with E-state index in [-0.39, 0.29) is 0 Å². The van der Waals surface area contributed by atoms with Gasteiger partial charge in [0.1, 0.15) is 0 Å². The molecule has 1 heterocycles. The van der Waals surface area contributed by atoms with Gasteiger partial charge in [-0.15, -0.1) is 0 Å². The smallest absolute Gasteiger partial charge is 0.246 e. The first-order valence-electron chi connectivity index (χ1n) is 2.77. The fourth-order valence-corrected chi connectivity index (χ4v) is 0.728. The van der Waals surface area contributed by atoms with Crippen molar-refractivity contribution in [2.45, 2.75) is 19.6 Å². The minimum absolute atomic E-state index is 0.528. The van der Waals surface area contributed by atoms with E-state index in [4.69, 9.17) is 9.47 Å². The quantitative estimate of drug-likeness (QED) is 0.492. The highest BCUT2D eigenvalue weighted by Gasteiger charge is 2.31. The van der Waals surface area contributed by atoms with Crippen molar-refractivity contribution in [3.8, 4) is 0 Å². The van der Waals surface area contributed by atoms with Crippen molar-refractivity contribution in [3.63, 3.8) is 0 Å². The first kappa shape index (κ1) is 6.20. The van der Waals surface area contributed by atoms with Crippen LogP contribution in [0.1, 0.15) is 13.8 Å². The van der Waals surface area contributed by atoms with Crippen LogP contribution in [0.4, 0.5) is 0 Å². The summed E-state index contributed by atoms with van der Waals surface area (Å²) in [4.78, 5) is 0. The van der Waals surface area contributed by atoms with Gasteiger partial charge in [0.2, 0.25) is 5.79 Å². The molecule has 0 aliphatic carbocycles. The Kier molecular flexibility index (Phi) is 1.05. The van der Waals surface area contributed by atoms with E-state index in [2.05, 4.69) is 13.2 Å². The maximum atomic E-state index is 5.14. The summed E-state index contributed by atoms with van der Waals surface area (Å²) in [6.07, 6.45) is 0. The molecule has 0 aromatic heterocycles. The van der Waals surface area contributed by atoms with Crippen LogP contribution < -0.4 is 0 Å². The van der Waals surface area contributed by atoms with Gasteiger partial charge in [-0.1, -0.05) is 13.2 Å². The van der Waals surface area contributed by atoms with Crippen LogP contribution in [0.2, 0.25) is 0 Å². The number of ether oxygens (including phenoxy) is 2. The lowest BCUT2D eigenvalue weighted by Crippen LogP contribution is -2.18. The zero-order chi connectivity index (χ0) is 7.07. The van der Waals surface area contributed by atoms with E-state index in [0.29, 0.717) is 11.5 Å². The van der Waals surface area contributed by atoms with Crippen molar-refractivity contribution in [2.75, 3.05) is 0 Å². The molecule has 1 aliphatic rings. The Morgan fingerprint density at radius 1 is 1.11 bits per heavy atom. The van der Waals surface area contributed by atoms with Crippen LogP contribution in [-0.4, -0.2) is 5.79 Å². The summed E-state index contributed by atoms with van der Waals surface area (Å²) < 4.78 is 10.3. The highest BCUT2D eigenvalue weighted by Crippen LogP contribution is 2.30. The molecule has 1 aliphatic heterocycles. The molecular weight excluding hydrogens is 116 g/mol. The van der Waals surface area contributed by atoms with E-state index in [1.54, 1.807) is 0 Å². The summed E-state index contributed by atoms with van der Waals surface area (Å²) in [6, 6.07) is 0. The molecule has 0 unspecified atom stereocenters. The lowest BCUT2D eigenvalue weighted by Gasteiger charge is -2.14. The summed E-state index contributed by atoms with van der Waals surface area (Å²) in [5, 5.41) is 0. The Hall–Kier alpha value is -0.920. The molecular formula is C7H10O2. The molecule has 0 aromatic rings. The van der Waals surface area contributed by atoms with E-state index < -0.39 is 5.79 Å². The van der Waals surface area contributed by atoms with Crippen LogP contribution in [-0.2, 0) is 9.47 Å². The normalized spacial score (nSPS) is 23.3. The van der Waals surface area contributed by atoms with Crippen LogP contribution in [0.15, 0.2) is 24.7 Å². The lowest BCUT2D eigenvalue weighted by atomic mass is 10.4. The van der Waals surface area contributed by atoms with E-state index >= 15 is 0 Å². The van der Waals surface area contributed by atoms with Gasteiger partial charge in [-0.05, 0) is 0 Å². The van der Waals surface area contributed by atoms with Crippen LogP contribution >= 0.6 is 0 Å². The van der Waals surface area contributed by atoms with Gasteiger partial charge in [-0.3, -0.25) is 0 Å². The maximum Gasteiger partial charge on any atom is 0.246 e. The molecule has 0 bridgehead atoms. The number of rotatable bonds is 0. The van der Waals surface area contributed by atoms with Crippen LogP contribution in [0.5, 0.6) is 0 Å². The highest BCUT2D eigenvalue weighted by molar-refractivity contribution is 5.17. The minimum Gasteiger partial charge on any atom is -0.450 e. The molecule has 0 amide bonds. The van der Waals surface area contributed by atoms with Gasteiger partial charge in [-0.25, -0.2) is 0 Å². The third-order valence-corrected chi connectivity index (χ3v) is 1.05. The maximum absolute atomic E-state index is 5.14. The molecule has 0 spiro atoms. The highest BCUT2D eigenvalue weighted by atomic mass is 16.7. The van der Waals surface area contributed by atoms with Crippen molar-refractivity contribution >= 4 is 0 Å². The molecule has 0 saturated carbocycles. The van der Waals surface area contributed by atoms with E-state index in [9.17, 15) is 0 Å². The molecule has 0 aromatic carbocycles. The van der Waals surface area contributed by atoms with Crippen LogP contribution in [0.3, 0.4) is 0 Å². The standard InChI is InChI=1S/C7H10O2/c1-5-6(2)9-7(3,4)8-5/h1-2H2,3-4H3. The van der Waals surface area contributed by atoms with Gasteiger partial charge < -0.3 is 9.47 Å².